The third kappa shape index (κ3) is 5.55. The van der Waals surface area contributed by atoms with Gasteiger partial charge in [-0.25, -0.2) is 9.78 Å². The molecule has 188 valence electrons. The molecule has 5 rings (SSSR count). The highest BCUT2D eigenvalue weighted by molar-refractivity contribution is 5.95. The highest BCUT2D eigenvalue weighted by Crippen LogP contribution is 2.34. The van der Waals surface area contributed by atoms with Crippen LogP contribution in [0.2, 0.25) is 0 Å². The number of carbonyl (C=O) groups excluding carboxylic acids is 1. The van der Waals surface area contributed by atoms with Crippen LogP contribution >= 0.6 is 0 Å². The molecule has 0 radical (unpaired) electrons. The SMILES string of the molecule is CC(C)(C)OC(=O)N1CCC(C#Cc2cc(-c3cn(C4CCOCC4)c4cnccc34)ccn2)CC1. The number of aromatic nitrogens is 3. The van der Waals surface area contributed by atoms with Crippen molar-refractivity contribution in [3.8, 4) is 23.0 Å². The van der Waals surface area contributed by atoms with Crippen LogP contribution in [0, 0.1) is 17.8 Å². The van der Waals surface area contributed by atoms with Crippen molar-refractivity contribution in [3.63, 3.8) is 0 Å². The molecule has 3 aromatic heterocycles. The van der Waals surface area contributed by atoms with E-state index >= 15 is 0 Å². The van der Waals surface area contributed by atoms with Crippen LogP contribution in [0.4, 0.5) is 4.79 Å². The fourth-order valence-electron chi connectivity index (χ4n) is 4.97. The van der Waals surface area contributed by atoms with Gasteiger partial charge in [0.2, 0.25) is 0 Å². The Labute approximate surface area is 212 Å². The highest BCUT2D eigenvalue weighted by atomic mass is 16.6. The van der Waals surface area contributed by atoms with E-state index in [1.807, 2.05) is 45.4 Å². The van der Waals surface area contributed by atoms with E-state index in [4.69, 9.17) is 9.47 Å². The lowest BCUT2D eigenvalue weighted by atomic mass is 9.97. The minimum absolute atomic E-state index is 0.238. The first kappa shape index (κ1) is 24.3. The molecule has 0 N–H and O–H groups in total. The normalized spacial score (nSPS) is 17.6. The maximum Gasteiger partial charge on any atom is 0.410 e. The van der Waals surface area contributed by atoms with Gasteiger partial charge in [0.05, 0.1) is 11.7 Å². The molecule has 0 bridgehead atoms. The number of ether oxygens (including phenoxy) is 2. The molecule has 0 saturated carbocycles. The zero-order valence-corrected chi connectivity index (χ0v) is 21.4. The molecule has 2 saturated heterocycles. The van der Waals surface area contributed by atoms with Crippen LogP contribution in [0.1, 0.15) is 58.2 Å². The summed E-state index contributed by atoms with van der Waals surface area (Å²) in [4.78, 5) is 23.0. The van der Waals surface area contributed by atoms with Gasteiger partial charge < -0.3 is 18.9 Å². The Morgan fingerprint density at radius 3 is 2.64 bits per heavy atom. The van der Waals surface area contributed by atoms with E-state index in [1.165, 1.54) is 10.9 Å². The van der Waals surface area contributed by atoms with Gasteiger partial charge in [-0.1, -0.05) is 5.92 Å². The summed E-state index contributed by atoms with van der Waals surface area (Å²) in [7, 11) is 0. The fraction of sp³-hybridized carbons (Fsp3) is 0.483. The number of piperidine rings is 1. The number of hydrogen-bond donors (Lipinski definition) is 0. The average molecular weight is 487 g/mol. The molecular formula is C29H34N4O3. The summed E-state index contributed by atoms with van der Waals surface area (Å²) < 4.78 is 13.4. The first-order valence-corrected chi connectivity index (χ1v) is 12.9. The first-order valence-electron chi connectivity index (χ1n) is 12.9. The van der Waals surface area contributed by atoms with E-state index in [-0.39, 0.29) is 12.0 Å². The van der Waals surface area contributed by atoms with Gasteiger partial charge in [0.1, 0.15) is 11.3 Å². The highest BCUT2D eigenvalue weighted by Gasteiger charge is 2.26. The molecule has 7 nitrogen and oxygen atoms in total. The van der Waals surface area contributed by atoms with Gasteiger partial charge in [0.25, 0.3) is 0 Å². The second kappa shape index (κ2) is 10.3. The van der Waals surface area contributed by atoms with E-state index in [9.17, 15) is 4.79 Å². The molecule has 0 unspecified atom stereocenters. The summed E-state index contributed by atoms with van der Waals surface area (Å²) in [6.45, 7) is 8.61. The summed E-state index contributed by atoms with van der Waals surface area (Å²) in [5, 5.41) is 1.19. The average Bonchev–Trinajstić information content (AvgIpc) is 3.27. The van der Waals surface area contributed by atoms with Crippen molar-refractivity contribution in [2.24, 2.45) is 5.92 Å². The lowest BCUT2D eigenvalue weighted by molar-refractivity contribution is 0.0199. The van der Waals surface area contributed by atoms with Crippen molar-refractivity contribution >= 4 is 17.0 Å². The molecule has 2 aliphatic rings. The summed E-state index contributed by atoms with van der Waals surface area (Å²) in [6, 6.07) is 6.64. The van der Waals surface area contributed by atoms with Crippen molar-refractivity contribution in [1.82, 2.24) is 19.4 Å². The zero-order valence-electron chi connectivity index (χ0n) is 21.4. The van der Waals surface area contributed by atoms with E-state index in [0.29, 0.717) is 19.1 Å². The maximum atomic E-state index is 12.3. The second-order valence-electron chi connectivity index (χ2n) is 10.6. The van der Waals surface area contributed by atoms with Crippen molar-refractivity contribution < 1.29 is 14.3 Å². The Balaban J connectivity index is 1.31. The molecule has 3 aromatic rings. The molecule has 2 aliphatic heterocycles. The lowest BCUT2D eigenvalue weighted by Crippen LogP contribution is -2.41. The van der Waals surface area contributed by atoms with Gasteiger partial charge >= 0.3 is 6.09 Å². The number of rotatable bonds is 2. The Kier molecular flexibility index (Phi) is 6.97. The third-order valence-electron chi connectivity index (χ3n) is 6.84. The predicted octanol–water partition coefficient (Wildman–Crippen LogP) is 5.45. The predicted molar refractivity (Wildman–Crippen MR) is 139 cm³/mol. The van der Waals surface area contributed by atoms with Crippen LogP contribution in [0.15, 0.2) is 43.0 Å². The van der Waals surface area contributed by atoms with Crippen LogP contribution in [-0.2, 0) is 9.47 Å². The third-order valence-corrected chi connectivity index (χ3v) is 6.84. The number of nitrogens with zero attached hydrogens (tertiary/aromatic N) is 4. The summed E-state index contributed by atoms with van der Waals surface area (Å²) >= 11 is 0. The van der Waals surface area contributed by atoms with E-state index in [2.05, 4.69) is 44.7 Å². The Morgan fingerprint density at radius 2 is 1.89 bits per heavy atom. The van der Waals surface area contributed by atoms with Gasteiger partial charge in [-0.15, -0.1) is 0 Å². The fourth-order valence-corrected chi connectivity index (χ4v) is 4.97. The molecular weight excluding hydrogens is 452 g/mol. The number of carbonyl (C=O) groups is 1. The monoisotopic (exact) mass is 486 g/mol. The van der Waals surface area contributed by atoms with Gasteiger partial charge in [0, 0.05) is 67.8 Å². The maximum absolute atomic E-state index is 12.3. The van der Waals surface area contributed by atoms with Crippen LogP contribution in [-0.4, -0.2) is 57.4 Å². The minimum Gasteiger partial charge on any atom is -0.444 e. The van der Waals surface area contributed by atoms with Crippen LogP contribution < -0.4 is 0 Å². The van der Waals surface area contributed by atoms with Gasteiger partial charge in [0.15, 0.2) is 0 Å². The zero-order chi connectivity index (χ0) is 25.1. The largest absolute Gasteiger partial charge is 0.444 e. The molecule has 1 amide bonds. The van der Waals surface area contributed by atoms with E-state index < -0.39 is 5.60 Å². The second-order valence-corrected chi connectivity index (χ2v) is 10.6. The van der Waals surface area contributed by atoms with Gasteiger partial charge in [-0.3, -0.25) is 4.98 Å². The van der Waals surface area contributed by atoms with Gasteiger partial charge in [-0.2, -0.15) is 0 Å². The smallest absolute Gasteiger partial charge is 0.410 e. The topological polar surface area (TPSA) is 69.5 Å². The minimum atomic E-state index is -0.474. The molecule has 0 atom stereocenters. The number of fused-ring (bicyclic) bond motifs is 1. The summed E-state index contributed by atoms with van der Waals surface area (Å²) in [5.74, 6) is 6.94. The Hall–Kier alpha value is -3.37. The van der Waals surface area contributed by atoms with Crippen molar-refractivity contribution in [2.45, 2.75) is 58.1 Å². The standard InChI is InChI=1S/C29H34N4O3/c1-29(2,3)36-28(34)32-14-8-21(9-15-32)4-5-23-18-22(6-13-31-23)26-20-33(24-10-16-35-17-11-24)27-19-30-12-7-25(26)27/h6-7,12-13,18-21,24H,8-11,14-17H2,1-3H3. The van der Waals surface area contributed by atoms with Crippen LogP contribution in [0.3, 0.4) is 0 Å². The quantitative estimate of drug-likeness (QED) is 0.451. The van der Waals surface area contributed by atoms with E-state index in [0.717, 1.165) is 55.7 Å². The van der Waals surface area contributed by atoms with Gasteiger partial charge in [-0.05, 0) is 76.1 Å². The Bertz CT molecular complexity index is 1280. The summed E-state index contributed by atoms with van der Waals surface area (Å²) in [5.41, 5.74) is 3.73. The van der Waals surface area contributed by atoms with Crippen LogP contribution in [0.5, 0.6) is 0 Å². The van der Waals surface area contributed by atoms with Crippen molar-refractivity contribution in [2.75, 3.05) is 26.3 Å². The number of amides is 1. The molecule has 0 spiro atoms. The van der Waals surface area contributed by atoms with E-state index in [1.54, 1.807) is 4.90 Å². The molecule has 5 heterocycles. The van der Waals surface area contributed by atoms with Crippen molar-refractivity contribution in [1.29, 1.82) is 0 Å². The molecule has 0 aliphatic carbocycles. The summed E-state index contributed by atoms with van der Waals surface area (Å²) in [6.07, 6.45) is 11.4. The molecule has 36 heavy (non-hydrogen) atoms. The van der Waals surface area contributed by atoms with Crippen molar-refractivity contribution in [3.05, 3.63) is 48.7 Å². The molecule has 2 fully saturated rings. The van der Waals surface area contributed by atoms with Crippen LogP contribution in [0.25, 0.3) is 22.0 Å². The number of likely N-dealkylation sites (tertiary alicyclic amines) is 1. The first-order chi connectivity index (χ1) is 17.4. The number of hydrogen-bond acceptors (Lipinski definition) is 5. The number of pyridine rings is 2. The lowest BCUT2D eigenvalue weighted by Gasteiger charge is -2.31. The molecule has 7 heteroatoms. The molecule has 0 aromatic carbocycles. The Morgan fingerprint density at radius 1 is 1.11 bits per heavy atom.